The summed E-state index contributed by atoms with van der Waals surface area (Å²) in [5.74, 6) is 0. The van der Waals surface area contributed by atoms with Crippen LogP contribution in [0.25, 0.3) is 5.70 Å². The zero-order valence-corrected chi connectivity index (χ0v) is 13.0. The fraction of sp³-hybridized carbons (Fsp3) is 0.200. The predicted molar refractivity (Wildman–Crippen MR) is 94.0 cm³/mol. The van der Waals surface area contributed by atoms with Gasteiger partial charge >= 0.3 is 0 Å². The quantitative estimate of drug-likeness (QED) is 0.649. The Morgan fingerprint density at radius 1 is 1.18 bits per heavy atom. The zero-order valence-electron chi connectivity index (χ0n) is 13.0. The highest BCUT2D eigenvalue weighted by Crippen LogP contribution is 2.41. The molecule has 22 heavy (non-hydrogen) atoms. The number of hydrogen-bond acceptors (Lipinski definition) is 2. The van der Waals surface area contributed by atoms with Gasteiger partial charge in [0.05, 0.1) is 6.04 Å². The van der Waals surface area contributed by atoms with E-state index in [9.17, 15) is 0 Å². The largest absolute Gasteiger partial charge is 0.399 e. The third-order valence-corrected chi connectivity index (χ3v) is 4.42. The van der Waals surface area contributed by atoms with Crippen molar-refractivity contribution in [2.75, 3.05) is 5.73 Å². The van der Waals surface area contributed by atoms with E-state index in [1.807, 2.05) is 12.1 Å². The van der Waals surface area contributed by atoms with Gasteiger partial charge in [-0.15, -0.1) is 0 Å². The van der Waals surface area contributed by atoms with E-state index in [4.69, 9.17) is 5.73 Å². The highest BCUT2D eigenvalue weighted by molar-refractivity contribution is 5.70. The summed E-state index contributed by atoms with van der Waals surface area (Å²) in [4.78, 5) is 2.35. The van der Waals surface area contributed by atoms with Gasteiger partial charge < -0.3 is 10.6 Å². The molecule has 1 aliphatic heterocycles. The molecule has 2 aromatic carbocycles. The van der Waals surface area contributed by atoms with Crippen LogP contribution < -0.4 is 5.73 Å². The Labute approximate surface area is 132 Å². The minimum Gasteiger partial charge on any atom is -0.399 e. The molecular formula is C20H22N2. The van der Waals surface area contributed by atoms with Crippen molar-refractivity contribution in [2.24, 2.45) is 0 Å². The molecule has 3 rings (SSSR count). The number of fused-ring (bicyclic) bond motifs is 1. The second kappa shape index (κ2) is 5.72. The molecular weight excluding hydrogens is 268 g/mol. The average molecular weight is 290 g/mol. The van der Waals surface area contributed by atoms with Crippen LogP contribution in [-0.4, -0.2) is 4.90 Å². The molecule has 1 atom stereocenters. The maximum absolute atomic E-state index is 5.83. The van der Waals surface area contributed by atoms with Crippen LogP contribution in [-0.2, 0) is 6.54 Å². The van der Waals surface area contributed by atoms with Crippen molar-refractivity contribution >= 4 is 11.4 Å². The lowest BCUT2D eigenvalue weighted by Gasteiger charge is -2.32. The van der Waals surface area contributed by atoms with Crippen LogP contribution in [0.3, 0.4) is 0 Å². The van der Waals surface area contributed by atoms with Crippen LogP contribution >= 0.6 is 0 Å². The minimum absolute atomic E-state index is 0.144. The Morgan fingerprint density at radius 2 is 1.86 bits per heavy atom. The summed E-state index contributed by atoms with van der Waals surface area (Å²) < 4.78 is 0. The van der Waals surface area contributed by atoms with Gasteiger partial charge in [0.15, 0.2) is 0 Å². The minimum atomic E-state index is 0.144. The van der Waals surface area contributed by atoms with E-state index in [1.54, 1.807) is 0 Å². The molecule has 0 radical (unpaired) electrons. The SMILES string of the molecule is C=C(CC)C(c1ccc(N)cc1)N1Cc2ccccc2C1=C. The summed E-state index contributed by atoms with van der Waals surface area (Å²) in [7, 11) is 0. The van der Waals surface area contributed by atoms with Crippen molar-refractivity contribution in [1.82, 2.24) is 4.90 Å². The molecule has 112 valence electrons. The third kappa shape index (κ3) is 2.41. The van der Waals surface area contributed by atoms with E-state index in [1.165, 1.54) is 22.3 Å². The van der Waals surface area contributed by atoms with Crippen LogP contribution in [0.15, 0.2) is 67.3 Å². The van der Waals surface area contributed by atoms with Crippen LogP contribution in [0.1, 0.15) is 36.1 Å². The first-order valence-corrected chi connectivity index (χ1v) is 7.68. The number of anilines is 1. The Hall–Kier alpha value is -2.48. The van der Waals surface area contributed by atoms with Crippen molar-refractivity contribution in [2.45, 2.75) is 25.9 Å². The van der Waals surface area contributed by atoms with E-state index in [0.717, 1.165) is 24.4 Å². The van der Waals surface area contributed by atoms with Crippen molar-refractivity contribution in [3.05, 3.63) is 84.0 Å². The number of nitrogens with zero attached hydrogens (tertiary/aromatic N) is 1. The van der Waals surface area contributed by atoms with Crippen LogP contribution in [0, 0.1) is 0 Å². The van der Waals surface area contributed by atoms with Gasteiger partial charge in [-0.1, -0.05) is 62.1 Å². The molecule has 1 aliphatic rings. The lowest BCUT2D eigenvalue weighted by molar-refractivity contribution is 0.337. The van der Waals surface area contributed by atoms with Gasteiger partial charge in [-0.05, 0) is 29.7 Å². The fourth-order valence-corrected chi connectivity index (χ4v) is 3.13. The Kier molecular flexibility index (Phi) is 3.76. The summed E-state index contributed by atoms with van der Waals surface area (Å²) >= 11 is 0. The van der Waals surface area contributed by atoms with Crippen LogP contribution in [0.5, 0.6) is 0 Å². The fourth-order valence-electron chi connectivity index (χ4n) is 3.13. The highest BCUT2D eigenvalue weighted by atomic mass is 15.2. The van der Waals surface area contributed by atoms with E-state index in [2.05, 4.69) is 61.4 Å². The Balaban J connectivity index is 2.00. The maximum Gasteiger partial charge on any atom is 0.0756 e. The second-order valence-electron chi connectivity index (χ2n) is 5.81. The average Bonchev–Trinajstić information content (AvgIpc) is 2.87. The van der Waals surface area contributed by atoms with Crippen LogP contribution in [0.4, 0.5) is 5.69 Å². The van der Waals surface area contributed by atoms with Crippen molar-refractivity contribution < 1.29 is 0 Å². The molecule has 0 aliphatic carbocycles. The molecule has 0 bridgehead atoms. The standard InChI is InChI=1S/C20H22N2/c1-4-14(2)20(16-9-11-18(21)12-10-16)22-13-17-7-5-6-8-19(17)15(22)3/h5-12,20H,2-4,13,21H2,1H3. The summed E-state index contributed by atoms with van der Waals surface area (Å²) in [5.41, 5.74) is 12.7. The monoisotopic (exact) mass is 290 g/mol. The first-order chi connectivity index (χ1) is 10.6. The predicted octanol–water partition coefficient (Wildman–Crippen LogP) is 4.76. The number of benzene rings is 2. The topological polar surface area (TPSA) is 29.3 Å². The first-order valence-electron chi connectivity index (χ1n) is 7.68. The smallest absolute Gasteiger partial charge is 0.0756 e. The molecule has 2 nitrogen and oxygen atoms in total. The van der Waals surface area contributed by atoms with Gasteiger partial charge in [-0.2, -0.15) is 0 Å². The molecule has 2 N–H and O–H groups in total. The summed E-state index contributed by atoms with van der Waals surface area (Å²) in [6.45, 7) is 11.6. The van der Waals surface area contributed by atoms with Crippen molar-refractivity contribution in [3.8, 4) is 0 Å². The van der Waals surface area contributed by atoms with Gasteiger partial charge in [0.2, 0.25) is 0 Å². The molecule has 1 unspecified atom stereocenters. The number of hydrogen-bond donors (Lipinski definition) is 1. The molecule has 0 saturated carbocycles. The van der Waals surface area contributed by atoms with E-state index in [0.29, 0.717) is 0 Å². The van der Waals surface area contributed by atoms with Gasteiger partial charge in [-0.25, -0.2) is 0 Å². The van der Waals surface area contributed by atoms with Gasteiger partial charge in [0.1, 0.15) is 0 Å². The van der Waals surface area contributed by atoms with E-state index >= 15 is 0 Å². The molecule has 0 saturated heterocycles. The summed E-state index contributed by atoms with van der Waals surface area (Å²) in [5, 5.41) is 0. The number of rotatable bonds is 4. The summed E-state index contributed by atoms with van der Waals surface area (Å²) in [6, 6.07) is 16.7. The lowest BCUT2D eigenvalue weighted by Crippen LogP contribution is -2.23. The molecule has 1 heterocycles. The Morgan fingerprint density at radius 3 is 2.50 bits per heavy atom. The zero-order chi connectivity index (χ0) is 15.7. The van der Waals surface area contributed by atoms with E-state index < -0.39 is 0 Å². The van der Waals surface area contributed by atoms with Gasteiger partial charge in [0.25, 0.3) is 0 Å². The summed E-state index contributed by atoms with van der Waals surface area (Å²) in [6.07, 6.45) is 0.940. The van der Waals surface area contributed by atoms with Gasteiger partial charge in [0, 0.05) is 23.5 Å². The maximum atomic E-state index is 5.83. The molecule has 0 aromatic heterocycles. The van der Waals surface area contributed by atoms with Crippen molar-refractivity contribution in [3.63, 3.8) is 0 Å². The lowest BCUT2D eigenvalue weighted by atomic mass is 9.96. The molecule has 2 aromatic rings. The normalized spacial score (nSPS) is 14.8. The third-order valence-electron chi connectivity index (χ3n) is 4.42. The highest BCUT2D eigenvalue weighted by Gasteiger charge is 2.30. The molecule has 0 amide bonds. The van der Waals surface area contributed by atoms with E-state index in [-0.39, 0.29) is 6.04 Å². The number of nitrogen functional groups attached to an aromatic ring is 1. The van der Waals surface area contributed by atoms with Crippen LogP contribution in [0.2, 0.25) is 0 Å². The Bertz CT molecular complexity index is 713. The molecule has 0 spiro atoms. The van der Waals surface area contributed by atoms with Crippen molar-refractivity contribution in [1.29, 1.82) is 0 Å². The number of nitrogens with two attached hydrogens (primary N) is 1. The molecule has 2 heteroatoms. The first kappa shape index (κ1) is 14.5. The second-order valence-corrected chi connectivity index (χ2v) is 5.81. The molecule has 0 fully saturated rings. The van der Waals surface area contributed by atoms with Gasteiger partial charge in [-0.3, -0.25) is 0 Å².